The van der Waals surface area contributed by atoms with Crippen LogP contribution in [0.2, 0.25) is 5.15 Å². The van der Waals surface area contributed by atoms with E-state index in [2.05, 4.69) is 15.3 Å². The third kappa shape index (κ3) is 4.28. The van der Waals surface area contributed by atoms with E-state index in [0.29, 0.717) is 28.1 Å². The SMILES string of the molecule is COC(=O)c1nc(Cl)ccc1N[C@H](C)c1cc(C)cc2c(=O)n(C)c(-c3nc(C)sc3C)nc12. The van der Waals surface area contributed by atoms with Gasteiger partial charge in [0.2, 0.25) is 0 Å². The van der Waals surface area contributed by atoms with Gasteiger partial charge in [-0.2, -0.15) is 0 Å². The molecule has 1 N–H and O–H groups in total. The molecule has 0 spiro atoms. The standard InChI is InChI=1S/C24H24ClN5O3S/c1-11-9-15(12(2)26-17-7-8-18(25)28-21(17)24(32)33-6)20-16(10-11)23(31)30(5)22(29-20)19-13(3)34-14(4)27-19/h7-10,12,26H,1-6H3/t12-/m1/s1. The molecule has 0 saturated heterocycles. The van der Waals surface area contributed by atoms with Crippen LogP contribution in [0.4, 0.5) is 5.69 Å². The van der Waals surface area contributed by atoms with E-state index in [9.17, 15) is 9.59 Å². The number of halogens is 1. The molecule has 0 aliphatic rings. The van der Waals surface area contributed by atoms with Crippen molar-refractivity contribution in [2.75, 3.05) is 12.4 Å². The molecule has 8 nitrogen and oxygen atoms in total. The molecule has 0 bridgehead atoms. The van der Waals surface area contributed by atoms with E-state index in [4.69, 9.17) is 21.3 Å². The lowest BCUT2D eigenvalue weighted by molar-refractivity contribution is 0.0595. The van der Waals surface area contributed by atoms with E-state index < -0.39 is 5.97 Å². The van der Waals surface area contributed by atoms with E-state index >= 15 is 0 Å². The topological polar surface area (TPSA) is 99.0 Å². The van der Waals surface area contributed by atoms with Gasteiger partial charge < -0.3 is 10.1 Å². The van der Waals surface area contributed by atoms with E-state index in [1.165, 1.54) is 7.11 Å². The smallest absolute Gasteiger partial charge is 0.358 e. The van der Waals surface area contributed by atoms with Gasteiger partial charge in [-0.1, -0.05) is 17.7 Å². The van der Waals surface area contributed by atoms with Crippen molar-refractivity contribution >= 4 is 45.5 Å². The molecule has 0 aliphatic carbocycles. The minimum absolute atomic E-state index is 0.0805. The number of anilines is 1. The maximum Gasteiger partial charge on any atom is 0.358 e. The van der Waals surface area contributed by atoms with Gasteiger partial charge in [0.05, 0.1) is 34.7 Å². The van der Waals surface area contributed by atoms with Crippen molar-refractivity contribution in [3.05, 3.63) is 66.5 Å². The van der Waals surface area contributed by atoms with Gasteiger partial charge in [0, 0.05) is 17.5 Å². The lowest BCUT2D eigenvalue weighted by Gasteiger charge is -2.20. The zero-order valence-electron chi connectivity index (χ0n) is 19.7. The second-order valence-electron chi connectivity index (χ2n) is 8.08. The van der Waals surface area contributed by atoms with Crippen LogP contribution in [0.3, 0.4) is 0 Å². The summed E-state index contributed by atoms with van der Waals surface area (Å²) in [6, 6.07) is 6.77. The third-order valence-corrected chi connectivity index (χ3v) is 6.64. The highest BCUT2D eigenvalue weighted by atomic mass is 35.5. The molecule has 0 aliphatic heterocycles. The van der Waals surface area contributed by atoms with Crippen LogP contribution in [0.25, 0.3) is 22.4 Å². The number of carbonyl (C=O) groups excluding carboxylic acids is 1. The highest BCUT2D eigenvalue weighted by Gasteiger charge is 2.22. The Balaban J connectivity index is 1.89. The van der Waals surface area contributed by atoms with Crippen LogP contribution in [0, 0.1) is 20.8 Å². The van der Waals surface area contributed by atoms with Gasteiger partial charge in [0.15, 0.2) is 11.5 Å². The fourth-order valence-corrected chi connectivity index (χ4v) is 4.91. The maximum absolute atomic E-state index is 13.3. The predicted octanol–water partition coefficient (Wildman–Crippen LogP) is 4.99. The predicted molar refractivity (Wildman–Crippen MR) is 135 cm³/mol. The fourth-order valence-electron chi connectivity index (χ4n) is 3.95. The maximum atomic E-state index is 13.3. The summed E-state index contributed by atoms with van der Waals surface area (Å²) in [6.07, 6.45) is 0. The van der Waals surface area contributed by atoms with Crippen molar-refractivity contribution in [2.24, 2.45) is 7.05 Å². The monoisotopic (exact) mass is 497 g/mol. The van der Waals surface area contributed by atoms with Gasteiger partial charge in [-0.3, -0.25) is 9.36 Å². The number of aromatic nitrogens is 4. The molecule has 4 rings (SSSR count). The minimum atomic E-state index is -0.602. The summed E-state index contributed by atoms with van der Waals surface area (Å²) in [4.78, 5) is 40.2. The summed E-state index contributed by atoms with van der Waals surface area (Å²) < 4.78 is 6.40. The van der Waals surface area contributed by atoms with Crippen molar-refractivity contribution in [3.8, 4) is 11.5 Å². The van der Waals surface area contributed by atoms with Crippen LogP contribution < -0.4 is 10.9 Å². The summed E-state index contributed by atoms with van der Waals surface area (Å²) in [5, 5.41) is 4.92. The van der Waals surface area contributed by atoms with E-state index in [0.717, 1.165) is 21.0 Å². The highest BCUT2D eigenvalue weighted by Crippen LogP contribution is 2.31. The number of methoxy groups -OCH3 is 1. The number of hydrogen-bond acceptors (Lipinski definition) is 8. The molecule has 176 valence electrons. The Hall–Kier alpha value is -3.30. The molecule has 0 radical (unpaired) electrons. The number of carbonyl (C=O) groups is 1. The molecular formula is C24H24ClN5O3S. The number of nitrogens with zero attached hydrogens (tertiary/aromatic N) is 4. The first-order chi connectivity index (χ1) is 16.1. The molecule has 3 aromatic heterocycles. The van der Waals surface area contributed by atoms with Crippen LogP contribution in [0.1, 0.15) is 44.5 Å². The quantitative estimate of drug-likeness (QED) is 0.306. The van der Waals surface area contributed by atoms with Crippen molar-refractivity contribution < 1.29 is 9.53 Å². The number of hydrogen-bond donors (Lipinski definition) is 1. The third-order valence-electron chi connectivity index (χ3n) is 5.55. The normalized spacial score (nSPS) is 12.1. The largest absolute Gasteiger partial charge is 0.464 e. The fraction of sp³-hybridized carbons (Fsp3) is 0.292. The molecule has 0 saturated carbocycles. The van der Waals surface area contributed by atoms with Crippen molar-refractivity contribution in [3.63, 3.8) is 0 Å². The Morgan fingerprint density at radius 2 is 1.91 bits per heavy atom. The zero-order valence-corrected chi connectivity index (χ0v) is 21.3. The first-order valence-electron chi connectivity index (χ1n) is 10.6. The number of thiazole rings is 1. The number of aryl methyl sites for hydroxylation is 3. The van der Waals surface area contributed by atoms with Crippen LogP contribution in [0.5, 0.6) is 0 Å². The Labute approximate surface area is 205 Å². The van der Waals surface area contributed by atoms with Gasteiger partial charge in [-0.05, 0) is 51.5 Å². The van der Waals surface area contributed by atoms with Crippen LogP contribution in [-0.2, 0) is 11.8 Å². The summed E-state index contributed by atoms with van der Waals surface area (Å²) >= 11 is 7.56. The summed E-state index contributed by atoms with van der Waals surface area (Å²) in [5.74, 6) is -0.0879. The molecule has 0 fully saturated rings. The van der Waals surface area contributed by atoms with Gasteiger partial charge in [0.25, 0.3) is 5.56 Å². The highest BCUT2D eigenvalue weighted by molar-refractivity contribution is 7.11. The first-order valence-corrected chi connectivity index (χ1v) is 11.8. The molecule has 1 atom stereocenters. The minimum Gasteiger partial charge on any atom is -0.464 e. The number of benzene rings is 1. The average Bonchev–Trinajstić information content (AvgIpc) is 3.14. The van der Waals surface area contributed by atoms with E-state index in [1.807, 2.05) is 39.8 Å². The number of nitrogens with one attached hydrogen (secondary N) is 1. The first kappa shape index (κ1) is 23.8. The van der Waals surface area contributed by atoms with Gasteiger partial charge in [-0.25, -0.2) is 19.7 Å². The lowest BCUT2D eigenvalue weighted by Crippen LogP contribution is -2.22. The van der Waals surface area contributed by atoms with Crippen LogP contribution in [-0.4, -0.2) is 32.6 Å². The molecule has 4 aromatic rings. The Morgan fingerprint density at radius 3 is 2.56 bits per heavy atom. The van der Waals surface area contributed by atoms with Crippen molar-refractivity contribution in [2.45, 2.75) is 33.7 Å². The molecule has 0 unspecified atom stereocenters. The average molecular weight is 498 g/mol. The van der Waals surface area contributed by atoms with E-state index in [1.54, 1.807) is 35.1 Å². The van der Waals surface area contributed by atoms with Crippen molar-refractivity contribution in [1.82, 2.24) is 19.5 Å². The number of rotatable bonds is 5. The molecule has 3 heterocycles. The second kappa shape index (κ2) is 9.15. The molecule has 34 heavy (non-hydrogen) atoms. The Bertz CT molecular complexity index is 1490. The molecule has 0 amide bonds. The van der Waals surface area contributed by atoms with Gasteiger partial charge >= 0.3 is 5.97 Å². The number of fused-ring (bicyclic) bond motifs is 1. The zero-order chi connectivity index (χ0) is 24.7. The van der Waals surface area contributed by atoms with Gasteiger partial charge in [-0.15, -0.1) is 11.3 Å². The molecule has 1 aromatic carbocycles. The number of pyridine rings is 1. The van der Waals surface area contributed by atoms with Crippen molar-refractivity contribution in [1.29, 1.82) is 0 Å². The number of esters is 1. The summed E-state index contributed by atoms with van der Waals surface area (Å²) in [7, 11) is 3.00. The van der Waals surface area contributed by atoms with Gasteiger partial charge in [0.1, 0.15) is 10.8 Å². The molecule has 10 heteroatoms. The van der Waals surface area contributed by atoms with Crippen LogP contribution >= 0.6 is 22.9 Å². The Morgan fingerprint density at radius 1 is 1.18 bits per heavy atom. The number of ether oxygens (including phenoxy) is 1. The van der Waals surface area contributed by atoms with E-state index in [-0.39, 0.29) is 22.4 Å². The Kier molecular flexibility index (Phi) is 6.42. The second-order valence-corrected chi connectivity index (χ2v) is 9.87. The van der Waals surface area contributed by atoms with Crippen LogP contribution in [0.15, 0.2) is 29.1 Å². The summed E-state index contributed by atoms with van der Waals surface area (Å²) in [6.45, 7) is 7.76. The summed E-state index contributed by atoms with van der Waals surface area (Å²) in [5.41, 5.74) is 3.41. The molecular weight excluding hydrogens is 474 g/mol. The lowest BCUT2D eigenvalue weighted by atomic mass is 10.0.